The first-order valence-electron chi connectivity index (χ1n) is 7.40. The number of benzene rings is 1. The van der Waals surface area contributed by atoms with Crippen molar-refractivity contribution in [1.29, 1.82) is 0 Å². The maximum absolute atomic E-state index is 12.9. The van der Waals surface area contributed by atoms with Gasteiger partial charge < -0.3 is 0 Å². The molecule has 1 rings (SSSR count). The Labute approximate surface area is 132 Å². The van der Waals surface area contributed by atoms with Crippen molar-refractivity contribution >= 4 is 26.0 Å². The van der Waals surface area contributed by atoms with E-state index in [1.165, 1.54) is 0 Å². The highest BCUT2D eigenvalue weighted by Gasteiger charge is 2.36. The molecule has 21 heavy (non-hydrogen) atoms. The van der Waals surface area contributed by atoms with Crippen molar-refractivity contribution in [2.45, 2.75) is 55.1 Å². The summed E-state index contributed by atoms with van der Waals surface area (Å²) in [4.78, 5) is 0.0822. The van der Waals surface area contributed by atoms with Gasteiger partial charge in [0.15, 0.2) is 9.84 Å². The number of sulfone groups is 1. The zero-order chi connectivity index (χ0) is 16.3. The summed E-state index contributed by atoms with van der Waals surface area (Å²) in [7, 11) is -6.33. The first kappa shape index (κ1) is 18.4. The van der Waals surface area contributed by atoms with Gasteiger partial charge in [-0.1, -0.05) is 69.6 Å². The molecule has 0 aliphatic rings. The Balaban J connectivity index is 3.16. The fourth-order valence-electron chi connectivity index (χ4n) is 2.16. The highest BCUT2D eigenvalue weighted by atomic mass is 32.2. The van der Waals surface area contributed by atoms with Gasteiger partial charge in [0.1, 0.15) is 0 Å². The first-order valence-corrected chi connectivity index (χ1v) is 16.2. The summed E-state index contributed by atoms with van der Waals surface area (Å²) >= 11 is 0. The lowest BCUT2D eigenvalue weighted by Gasteiger charge is -2.26. The predicted octanol–water partition coefficient (Wildman–Crippen LogP) is 4.60. The molecule has 0 fully saturated rings. The molecule has 0 aliphatic carbocycles. The van der Waals surface area contributed by atoms with Gasteiger partial charge in [-0.2, -0.15) is 0 Å². The Morgan fingerprint density at radius 3 is 1.95 bits per heavy atom. The van der Waals surface area contributed by atoms with Crippen LogP contribution < -0.4 is 0 Å². The Bertz CT molecular complexity index is 579. The van der Waals surface area contributed by atoms with E-state index >= 15 is 0 Å². The van der Waals surface area contributed by atoms with Crippen LogP contribution in [0.3, 0.4) is 0 Å². The predicted molar refractivity (Wildman–Crippen MR) is 98.1 cm³/mol. The van der Waals surface area contributed by atoms with Gasteiger partial charge in [-0.05, 0) is 18.2 Å². The van der Waals surface area contributed by atoms with Crippen LogP contribution in [0.1, 0.15) is 0 Å². The largest absolute Gasteiger partial charge is 0.223 e. The second kappa shape index (κ2) is 6.63. The molecule has 0 N–H and O–H groups in total. The molecular formula is C16H28O2SSi2. The van der Waals surface area contributed by atoms with Gasteiger partial charge in [-0.3, -0.25) is 0 Å². The topological polar surface area (TPSA) is 34.1 Å². The van der Waals surface area contributed by atoms with Crippen LogP contribution in [-0.2, 0) is 9.84 Å². The highest BCUT2D eigenvalue weighted by Crippen LogP contribution is 2.25. The minimum Gasteiger partial charge on any atom is -0.223 e. The third-order valence-corrected chi connectivity index (χ3v) is 11.5. The minimum absolute atomic E-state index is 0.358. The quantitative estimate of drug-likeness (QED) is 0.560. The summed E-state index contributed by atoms with van der Waals surface area (Å²) in [5.74, 6) is 0. The van der Waals surface area contributed by atoms with Crippen LogP contribution >= 0.6 is 0 Å². The van der Waals surface area contributed by atoms with Gasteiger partial charge in [-0.15, -0.1) is 0 Å². The lowest BCUT2D eigenvalue weighted by Crippen LogP contribution is -2.42. The Kier molecular flexibility index (Phi) is 5.80. The Morgan fingerprint density at radius 2 is 1.52 bits per heavy atom. The molecule has 5 heteroatoms. The molecule has 0 aromatic heterocycles. The fourth-order valence-corrected chi connectivity index (χ4v) is 9.00. The van der Waals surface area contributed by atoms with Gasteiger partial charge in [0.05, 0.1) is 17.8 Å². The van der Waals surface area contributed by atoms with E-state index in [2.05, 4.69) is 45.4 Å². The highest BCUT2D eigenvalue weighted by molar-refractivity contribution is 7.94. The molecule has 118 valence electrons. The Hall–Kier alpha value is -0.656. The van der Waals surface area contributed by atoms with Crippen molar-refractivity contribution < 1.29 is 8.42 Å². The molecule has 2 nitrogen and oxygen atoms in total. The van der Waals surface area contributed by atoms with Gasteiger partial charge in [-0.25, -0.2) is 8.42 Å². The lowest BCUT2D eigenvalue weighted by molar-refractivity contribution is 0.595. The number of allylic oxidation sites excluding steroid dienone is 1. The molecule has 0 aliphatic heterocycles. The minimum atomic E-state index is -3.29. The second-order valence-electron chi connectivity index (χ2n) is 7.84. The van der Waals surface area contributed by atoms with Crippen LogP contribution in [0.4, 0.5) is 0 Å². The third-order valence-electron chi connectivity index (χ3n) is 3.30. The molecule has 0 spiro atoms. The molecule has 0 saturated carbocycles. The molecule has 0 radical (unpaired) electrons. The average molecular weight is 341 g/mol. The molecular weight excluding hydrogens is 312 g/mol. The van der Waals surface area contributed by atoms with Crippen molar-refractivity contribution in [2.24, 2.45) is 0 Å². The lowest BCUT2D eigenvalue weighted by atomic mass is 10.4. The monoisotopic (exact) mass is 340 g/mol. The van der Waals surface area contributed by atoms with Crippen LogP contribution in [0.5, 0.6) is 0 Å². The molecule has 1 atom stereocenters. The molecule has 0 bridgehead atoms. The van der Waals surface area contributed by atoms with E-state index < -0.39 is 26.0 Å². The molecule has 0 heterocycles. The van der Waals surface area contributed by atoms with Gasteiger partial charge in [0.25, 0.3) is 0 Å². The smallest absolute Gasteiger partial charge is 0.182 e. The normalized spacial score (nSPS) is 15.3. The van der Waals surface area contributed by atoms with Gasteiger partial charge >= 0.3 is 0 Å². The van der Waals surface area contributed by atoms with Crippen LogP contribution in [0, 0.1) is 0 Å². The molecule has 0 saturated heterocycles. The molecule has 1 aromatic carbocycles. The first-order chi connectivity index (χ1) is 9.44. The van der Waals surface area contributed by atoms with E-state index in [9.17, 15) is 8.42 Å². The SMILES string of the molecule is C[Si](C)(C)C/C=C/C([Si](C)(C)C)S(=O)(=O)c1ccccc1. The number of hydrogen-bond acceptors (Lipinski definition) is 2. The van der Waals surface area contributed by atoms with Crippen molar-refractivity contribution in [2.75, 3.05) is 0 Å². The van der Waals surface area contributed by atoms with E-state index in [-0.39, 0.29) is 4.87 Å². The number of hydrogen-bond donors (Lipinski definition) is 0. The summed E-state index contributed by atoms with van der Waals surface area (Å²) in [6.45, 7) is 13.3. The summed E-state index contributed by atoms with van der Waals surface area (Å²) in [5, 5.41) is 0. The van der Waals surface area contributed by atoms with E-state index in [1.54, 1.807) is 24.3 Å². The van der Waals surface area contributed by atoms with Crippen LogP contribution in [0.2, 0.25) is 45.3 Å². The van der Waals surface area contributed by atoms with Crippen molar-refractivity contribution in [3.05, 3.63) is 42.5 Å². The summed E-state index contributed by atoms with van der Waals surface area (Å²) in [5.41, 5.74) is 0. The maximum atomic E-state index is 12.9. The van der Waals surface area contributed by atoms with E-state index in [4.69, 9.17) is 0 Å². The van der Waals surface area contributed by atoms with Crippen molar-refractivity contribution in [3.63, 3.8) is 0 Å². The van der Waals surface area contributed by atoms with Gasteiger partial charge in [0.2, 0.25) is 0 Å². The summed E-state index contributed by atoms with van der Waals surface area (Å²) in [6.07, 6.45) is 4.07. The third kappa shape index (κ3) is 5.56. The zero-order valence-corrected chi connectivity index (χ0v) is 16.9. The van der Waals surface area contributed by atoms with Crippen molar-refractivity contribution in [3.8, 4) is 0 Å². The van der Waals surface area contributed by atoms with E-state index in [0.717, 1.165) is 6.04 Å². The second-order valence-corrected chi connectivity index (χ2v) is 21.2. The van der Waals surface area contributed by atoms with Crippen LogP contribution in [0.15, 0.2) is 47.4 Å². The summed E-state index contributed by atoms with van der Waals surface area (Å²) in [6, 6.07) is 9.87. The summed E-state index contributed by atoms with van der Waals surface area (Å²) < 4.78 is 25.9. The van der Waals surface area contributed by atoms with E-state index in [1.807, 2.05) is 12.1 Å². The standard InChI is InChI=1S/C16H28O2SSi2/c1-20(2,3)14-10-13-16(21(4,5)6)19(17,18)15-11-8-7-9-12-15/h7-13,16H,14H2,1-6H3/b13-10+. The maximum Gasteiger partial charge on any atom is 0.182 e. The zero-order valence-electron chi connectivity index (χ0n) is 14.1. The van der Waals surface area contributed by atoms with Crippen molar-refractivity contribution in [1.82, 2.24) is 0 Å². The van der Waals surface area contributed by atoms with E-state index in [0.29, 0.717) is 4.90 Å². The molecule has 0 amide bonds. The fraction of sp³-hybridized carbons (Fsp3) is 0.500. The van der Waals surface area contributed by atoms with Gasteiger partial charge in [0, 0.05) is 8.07 Å². The number of rotatable bonds is 6. The Morgan fingerprint density at radius 1 is 1.00 bits per heavy atom. The molecule has 1 unspecified atom stereocenters. The van der Waals surface area contributed by atoms with Crippen LogP contribution in [-0.4, -0.2) is 29.4 Å². The van der Waals surface area contributed by atoms with Crippen LogP contribution in [0.25, 0.3) is 0 Å². The average Bonchev–Trinajstić information content (AvgIpc) is 2.32. The molecule has 1 aromatic rings.